The number of hydrogen-bond acceptors (Lipinski definition) is 5. The fourth-order valence-electron chi connectivity index (χ4n) is 4.17. The van der Waals surface area contributed by atoms with Crippen LogP contribution in [-0.2, 0) is 27.4 Å². The maximum absolute atomic E-state index is 11.7. The molecule has 2 aliphatic rings. The zero-order chi connectivity index (χ0) is 20.9. The minimum atomic E-state index is -0.169. The molecule has 4 rings (SSSR count). The number of ether oxygens (including phenoxy) is 2. The fraction of sp³-hybridized carbons (Fsp3) is 0.565. The molecule has 0 amide bonds. The summed E-state index contributed by atoms with van der Waals surface area (Å²) in [6.45, 7) is 5.97. The van der Waals surface area contributed by atoms with Gasteiger partial charge >= 0.3 is 5.97 Å². The monoisotopic (exact) mass is 412 g/mol. The Kier molecular flexibility index (Phi) is 6.69. The van der Waals surface area contributed by atoms with Crippen LogP contribution < -0.4 is 5.32 Å². The molecular formula is C23H32N4O3. The number of hydrogen-bond donors (Lipinski definition) is 2. The number of benzene rings is 1. The summed E-state index contributed by atoms with van der Waals surface area (Å²) in [5.74, 6) is 0.451. The molecule has 1 atom stereocenters. The molecule has 1 unspecified atom stereocenters. The van der Waals surface area contributed by atoms with Crippen molar-refractivity contribution in [2.24, 2.45) is 0 Å². The molecule has 30 heavy (non-hydrogen) atoms. The first-order valence-electron chi connectivity index (χ1n) is 11.1. The third-order valence-corrected chi connectivity index (χ3v) is 5.83. The molecule has 1 aliphatic carbocycles. The van der Waals surface area contributed by atoms with E-state index in [9.17, 15) is 4.79 Å². The minimum Gasteiger partial charge on any atom is -0.466 e. The topological polar surface area (TPSA) is 79.6 Å². The molecule has 2 aromatic rings. The molecule has 7 heteroatoms. The minimum absolute atomic E-state index is 0.136. The summed E-state index contributed by atoms with van der Waals surface area (Å²) in [4.78, 5) is 13.9. The van der Waals surface area contributed by atoms with Crippen molar-refractivity contribution in [3.05, 3.63) is 36.0 Å². The average Bonchev–Trinajstić information content (AvgIpc) is 3.55. The summed E-state index contributed by atoms with van der Waals surface area (Å²) in [5, 5.41) is 13.3. The van der Waals surface area contributed by atoms with Crippen molar-refractivity contribution >= 4 is 22.7 Å². The van der Waals surface area contributed by atoms with Crippen LogP contribution in [0.1, 0.15) is 38.2 Å². The first-order valence-corrected chi connectivity index (χ1v) is 11.1. The number of amidine groups is 1. The van der Waals surface area contributed by atoms with Crippen molar-refractivity contribution < 1.29 is 14.3 Å². The van der Waals surface area contributed by atoms with Crippen molar-refractivity contribution in [3.8, 4) is 0 Å². The Balaban J connectivity index is 1.50. The number of aryl methyl sites for hydroxylation is 1. The summed E-state index contributed by atoms with van der Waals surface area (Å²) in [7, 11) is 0. The van der Waals surface area contributed by atoms with Gasteiger partial charge < -0.3 is 24.3 Å². The molecule has 0 radical (unpaired) electrons. The second kappa shape index (κ2) is 9.62. The van der Waals surface area contributed by atoms with Crippen molar-refractivity contribution in [1.29, 1.82) is 5.41 Å². The predicted molar refractivity (Wildman–Crippen MR) is 117 cm³/mol. The van der Waals surface area contributed by atoms with Gasteiger partial charge in [0.1, 0.15) is 11.9 Å². The van der Waals surface area contributed by atoms with E-state index in [1.54, 1.807) is 0 Å². The van der Waals surface area contributed by atoms with Gasteiger partial charge in [-0.2, -0.15) is 0 Å². The molecule has 2 N–H and O–H groups in total. The number of aromatic nitrogens is 1. The Labute approximate surface area is 177 Å². The molecule has 2 heterocycles. The van der Waals surface area contributed by atoms with Gasteiger partial charge in [-0.1, -0.05) is 18.2 Å². The summed E-state index contributed by atoms with van der Waals surface area (Å²) < 4.78 is 13.1. The highest BCUT2D eigenvalue weighted by molar-refractivity contribution is 5.87. The van der Waals surface area contributed by atoms with Crippen LogP contribution in [0.2, 0.25) is 0 Å². The molecule has 0 spiro atoms. The van der Waals surface area contributed by atoms with E-state index in [-0.39, 0.29) is 12.1 Å². The third kappa shape index (κ3) is 4.84. The van der Waals surface area contributed by atoms with Crippen LogP contribution in [0.25, 0.3) is 10.9 Å². The third-order valence-electron chi connectivity index (χ3n) is 5.83. The van der Waals surface area contributed by atoms with E-state index in [4.69, 9.17) is 14.9 Å². The van der Waals surface area contributed by atoms with E-state index in [1.165, 1.54) is 16.5 Å². The molecule has 7 nitrogen and oxygen atoms in total. The van der Waals surface area contributed by atoms with Crippen molar-refractivity contribution in [2.75, 3.05) is 26.3 Å². The molecule has 1 saturated heterocycles. The maximum Gasteiger partial charge on any atom is 0.305 e. The molecule has 1 saturated carbocycles. The Morgan fingerprint density at radius 1 is 1.37 bits per heavy atom. The van der Waals surface area contributed by atoms with Gasteiger partial charge in [0.05, 0.1) is 13.2 Å². The average molecular weight is 413 g/mol. The zero-order valence-corrected chi connectivity index (χ0v) is 17.7. The van der Waals surface area contributed by atoms with Crippen LogP contribution in [-0.4, -0.2) is 59.7 Å². The van der Waals surface area contributed by atoms with Crippen molar-refractivity contribution in [2.45, 2.75) is 57.8 Å². The molecule has 162 valence electrons. The quantitative estimate of drug-likeness (QED) is 0.376. The van der Waals surface area contributed by atoms with Crippen LogP contribution in [0.15, 0.2) is 30.5 Å². The van der Waals surface area contributed by atoms with E-state index in [0.717, 1.165) is 38.9 Å². The van der Waals surface area contributed by atoms with Gasteiger partial charge in [0, 0.05) is 55.7 Å². The molecule has 1 aromatic carbocycles. The lowest BCUT2D eigenvalue weighted by Gasteiger charge is -2.32. The first-order chi connectivity index (χ1) is 14.7. The van der Waals surface area contributed by atoms with Gasteiger partial charge in [-0.3, -0.25) is 10.2 Å². The number of nitrogens with one attached hydrogen (secondary N) is 2. The second-order valence-electron chi connectivity index (χ2n) is 8.08. The lowest BCUT2D eigenvalue weighted by molar-refractivity contribution is -0.143. The van der Waals surface area contributed by atoms with E-state index in [2.05, 4.69) is 45.2 Å². The Morgan fingerprint density at radius 3 is 2.93 bits per heavy atom. The molecule has 0 bridgehead atoms. The second-order valence-corrected chi connectivity index (χ2v) is 8.08. The normalized spacial score (nSPS) is 19.0. The molecule has 2 fully saturated rings. The number of morpholine rings is 1. The van der Waals surface area contributed by atoms with E-state index in [1.807, 2.05) is 6.92 Å². The Bertz CT molecular complexity index is 884. The van der Waals surface area contributed by atoms with Crippen molar-refractivity contribution in [1.82, 2.24) is 14.8 Å². The number of nitrogens with zero attached hydrogens (tertiary/aromatic N) is 2. The standard InChI is InChI=1S/C23H32N4O3/c1-2-29-22(28)8-5-12-26-15-17(19-6-3-4-7-20(19)26)16-27(18-9-10-18)23(24)21-14-25-11-13-30-21/h3-4,6-7,15,18,21,24-25H,2,5,8-14,16H2,1H3. The molecule has 1 aromatic heterocycles. The number of carbonyl (C=O) groups excluding carboxylic acids is 1. The van der Waals surface area contributed by atoms with Crippen LogP contribution >= 0.6 is 0 Å². The fourth-order valence-corrected chi connectivity index (χ4v) is 4.17. The lowest BCUT2D eigenvalue weighted by atomic mass is 10.1. The van der Waals surface area contributed by atoms with Gasteiger partial charge in [-0.25, -0.2) is 0 Å². The zero-order valence-electron chi connectivity index (χ0n) is 17.7. The van der Waals surface area contributed by atoms with Crippen molar-refractivity contribution in [3.63, 3.8) is 0 Å². The summed E-state index contributed by atoms with van der Waals surface area (Å²) in [6.07, 6.45) is 5.48. The molecule has 1 aliphatic heterocycles. The first kappa shape index (κ1) is 20.9. The van der Waals surface area contributed by atoms with Gasteiger partial charge in [0.2, 0.25) is 0 Å². The van der Waals surface area contributed by atoms with Gasteiger partial charge in [0.25, 0.3) is 0 Å². The van der Waals surface area contributed by atoms with E-state index < -0.39 is 0 Å². The van der Waals surface area contributed by atoms with Gasteiger partial charge in [-0.05, 0) is 37.8 Å². The number of esters is 1. The molecular weight excluding hydrogens is 380 g/mol. The number of para-hydroxylation sites is 1. The predicted octanol–water partition coefficient (Wildman–Crippen LogP) is 2.91. The highest BCUT2D eigenvalue weighted by atomic mass is 16.5. The summed E-state index contributed by atoms with van der Waals surface area (Å²) in [5.41, 5.74) is 2.40. The summed E-state index contributed by atoms with van der Waals surface area (Å²) >= 11 is 0. The number of rotatable bonds is 9. The van der Waals surface area contributed by atoms with Gasteiger partial charge in [0.15, 0.2) is 0 Å². The van der Waals surface area contributed by atoms with Crippen LogP contribution in [0.3, 0.4) is 0 Å². The number of fused-ring (bicyclic) bond motifs is 1. The lowest BCUT2D eigenvalue weighted by Crippen LogP contribution is -2.49. The maximum atomic E-state index is 11.7. The van der Waals surface area contributed by atoms with Crippen LogP contribution in [0.5, 0.6) is 0 Å². The highest BCUT2D eigenvalue weighted by Gasteiger charge is 2.35. The van der Waals surface area contributed by atoms with Gasteiger partial charge in [-0.15, -0.1) is 0 Å². The van der Waals surface area contributed by atoms with E-state index in [0.29, 0.717) is 38.1 Å². The van der Waals surface area contributed by atoms with Crippen LogP contribution in [0, 0.1) is 5.41 Å². The van der Waals surface area contributed by atoms with E-state index >= 15 is 0 Å². The number of carbonyl (C=O) groups is 1. The highest BCUT2D eigenvalue weighted by Crippen LogP contribution is 2.32. The largest absolute Gasteiger partial charge is 0.466 e. The smallest absolute Gasteiger partial charge is 0.305 e. The summed E-state index contributed by atoms with van der Waals surface area (Å²) in [6, 6.07) is 8.84. The van der Waals surface area contributed by atoms with Crippen LogP contribution in [0.4, 0.5) is 0 Å². The Hall–Kier alpha value is -2.38. The Morgan fingerprint density at radius 2 is 2.20 bits per heavy atom. The SMILES string of the molecule is CCOC(=O)CCCn1cc(CN(C(=N)C2CNCCO2)C2CC2)c2ccccc21.